The minimum atomic E-state index is -0.0892. The van der Waals surface area contributed by atoms with Gasteiger partial charge < -0.3 is 10.1 Å². The van der Waals surface area contributed by atoms with Gasteiger partial charge in [0.15, 0.2) is 6.61 Å². The summed E-state index contributed by atoms with van der Waals surface area (Å²) in [5.41, 5.74) is 1.46. The van der Waals surface area contributed by atoms with Gasteiger partial charge in [-0.2, -0.15) is 5.26 Å². The van der Waals surface area contributed by atoms with Crippen molar-refractivity contribution in [1.82, 2.24) is 5.32 Å². The molecule has 2 rings (SSSR count). The number of nitriles is 1. The molecule has 19 heavy (non-hydrogen) atoms. The molecule has 1 aliphatic carbocycles. The second-order valence-electron chi connectivity index (χ2n) is 4.93. The molecule has 0 spiro atoms. The Morgan fingerprint density at radius 2 is 2.21 bits per heavy atom. The van der Waals surface area contributed by atoms with Gasteiger partial charge in [-0.25, -0.2) is 0 Å². The maximum Gasteiger partial charge on any atom is 0.258 e. The van der Waals surface area contributed by atoms with Gasteiger partial charge in [-0.15, -0.1) is 0 Å². The number of benzene rings is 1. The first-order valence-corrected chi connectivity index (χ1v) is 6.62. The highest BCUT2D eigenvalue weighted by Gasteiger charge is 2.17. The van der Waals surface area contributed by atoms with Crippen LogP contribution in [0.1, 0.15) is 36.8 Å². The van der Waals surface area contributed by atoms with E-state index in [1.165, 1.54) is 12.8 Å². The van der Waals surface area contributed by atoms with E-state index < -0.39 is 0 Å². The van der Waals surface area contributed by atoms with E-state index in [9.17, 15) is 4.79 Å². The highest BCUT2D eigenvalue weighted by atomic mass is 16.5. The molecule has 4 nitrogen and oxygen atoms in total. The summed E-state index contributed by atoms with van der Waals surface area (Å²) in [6.45, 7) is 1.90. The summed E-state index contributed by atoms with van der Waals surface area (Å²) < 4.78 is 5.49. The van der Waals surface area contributed by atoms with Gasteiger partial charge in [0.1, 0.15) is 5.75 Å². The number of hydrogen-bond acceptors (Lipinski definition) is 3. The number of carbonyl (C=O) groups is 1. The molecule has 1 N–H and O–H groups in total. The van der Waals surface area contributed by atoms with E-state index in [-0.39, 0.29) is 12.5 Å². The van der Waals surface area contributed by atoms with Crippen molar-refractivity contribution in [2.45, 2.75) is 38.6 Å². The number of amides is 1. The fourth-order valence-corrected chi connectivity index (χ4v) is 2.31. The van der Waals surface area contributed by atoms with Crippen LogP contribution < -0.4 is 10.1 Å². The molecule has 0 saturated heterocycles. The first kappa shape index (κ1) is 13.4. The van der Waals surface area contributed by atoms with Crippen LogP contribution in [-0.4, -0.2) is 18.6 Å². The van der Waals surface area contributed by atoms with Gasteiger partial charge in [-0.3, -0.25) is 4.79 Å². The standard InChI is InChI=1S/C15H18N2O2/c1-11-6-7-12(9-16)8-14(11)19-10-15(18)17-13-4-2-3-5-13/h6-8,13H,2-5,10H2,1H3,(H,17,18). The van der Waals surface area contributed by atoms with Crippen molar-refractivity contribution in [2.24, 2.45) is 0 Å². The molecule has 0 atom stereocenters. The van der Waals surface area contributed by atoms with Crippen molar-refractivity contribution >= 4 is 5.91 Å². The highest BCUT2D eigenvalue weighted by molar-refractivity contribution is 5.77. The van der Waals surface area contributed by atoms with Crippen LogP contribution in [-0.2, 0) is 4.79 Å². The van der Waals surface area contributed by atoms with Gasteiger partial charge in [0.2, 0.25) is 0 Å². The van der Waals surface area contributed by atoms with Crippen LogP contribution >= 0.6 is 0 Å². The van der Waals surface area contributed by atoms with Crippen LogP contribution in [0.15, 0.2) is 18.2 Å². The van der Waals surface area contributed by atoms with Crippen LogP contribution in [0.25, 0.3) is 0 Å². The Hall–Kier alpha value is -2.02. The number of nitrogens with zero attached hydrogens (tertiary/aromatic N) is 1. The molecule has 100 valence electrons. The van der Waals surface area contributed by atoms with Crippen molar-refractivity contribution in [3.05, 3.63) is 29.3 Å². The molecule has 0 heterocycles. The summed E-state index contributed by atoms with van der Waals surface area (Å²) >= 11 is 0. The monoisotopic (exact) mass is 258 g/mol. The zero-order chi connectivity index (χ0) is 13.7. The molecule has 0 aromatic heterocycles. The Morgan fingerprint density at radius 3 is 2.89 bits per heavy atom. The van der Waals surface area contributed by atoms with Gasteiger partial charge in [-0.1, -0.05) is 18.9 Å². The maximum atomic E-state index is 11.7. The first-order chi connectivity index (χ1) is 9.19. The Kier molecular flexibility index (Phi) is 4.40. The molecule has 1 aromatic rings. The van der Waals surface area contributed by atoms with Crippen LogP contribution in [0.3, 0.4) is 0 Å². The van der Waals surface area contributed by atoms with E-state index in [2.05, 4.69) is 11.4 Å². The summed E-state index contributed by atoms with van der Waals surface area (Å²) in [6, 6.07) is 7.59. The quantitative estimate of drug-likeness (QED) is 0.901. The fraction of sp³-hybridized carbons (Fsp3) is 0.467. The van der Waals surface area contributed by atoms with Crippen LogP contribution in [0.5, 0.6) is 5.75 Å². The van der Waals surface area contributed by atoms with Gasteiger partial charge in [0.25, 0.3) is 5.91 Å². The minimum absolute atomic E-state index is 0.00617. The maximum absolute atomic E-state index is 11.7. The molecule has 0 radical (unpaired) electrons. The zero-order valence-electron chi connectivity index (χ0n) is 11.1. The van der Waals surface area contributed by atoms with Crippen LogP contribution in [0.4, 0.5) is 0 Å². The molecule has 0 unspecified atom stereocenters. The Labute approximate surface area is 113 Å². The van der Waals surface area contributed by atoms with Crippen molar-refractivity contribution in [2.75, 3.05) is 6.61 Å². The van der Waals surface area contributed by atoms with E-state index in [0.29, 0.717) is 17.4 Å². The topological polar surface area (TPSA) is 62.1 Å². The van der Waals surface area contributed by atoms with Crippen molar-refractivity contribution in [3.8, 4) is 11.8 Å². The van der Waals surface area contributed by atoms with Crippen molar-refractivity contribution in [3.63, 3.8) is 0 Å². The smallest absolute Gasteiger partial charge is 0.258 e. The predicted octanol–water partition coefficient (Wildman–Crippen LogP) is 2.30. The normalized spacial score (nSPS) is 14.9. The third-order valence-electron chi connectivity index (χ3n) is 3.40. The summed E-state index contributed by atoms with van der Waals surface area (Å²) in [7, 11) is 0. The lowest BCUT2D eigenvalue weighted by Crippen LogP contribution is -2.36. The number of rotatable bonds is 4. The second kappa shape index (κ2) is 6.24. The van der Waals surface area contributed by atoms with Crippen molar-refractivity contribution in [1.29, 1.82) is 5.26 Å². The number of carbonyl (C=O) groups excluding carboxylic acids is 1. The Morgan fingerprint density at radius 1 is 1.47 bits per heavy atom. The van der Waals surface area contributed by atoms with E-state index in [1.54, 1.807) is 12.1 Å². The molecule has 1 saturated carbocycles. The molecular weight excluding hydrogens is 240 g/mol. The molecule has 1 fully saturated rings. The zero-order valence-corrected chi connectivity index (χ0v) is 11.1. The Balaban J connectivity index is 1.87. The lowest BCUT2D eigenvalue weighted by Gasteiger charge is -2.13. The third-order valence-corrected chi connectivity index (χ3v) is 3.40. The van der Waals surface area contributed by atoms with Crippen LogP contribution in [0, 0.1) is 18.3 Å². The number of ether oxygens (including phenoxy) is 1. The van der Waals surface area contributed by atoms with Gasteiger partial charge >= 0.3 is 0 Å². The van der Waals surface area contributed by atoms with E-state index in [4.69, 9.17) is 10.00 Å². The van der Waals surface area contributed by atoms with Crippen molar-refractivity contribution < 1.29 is 9.53 Å². The molecule has 1 aromatic carbocycles. The largest absolute Gasteiger partial charge is 0.483 e. The average Bonchev–Trinajstić information content (AvgIpc) is 2.90. The molecular formula is C15H18N2O2. The van der Waals surface area contributed by atoms with Gasteiger partial charge in [0.05, 0.1) is 11.6 Å². The molecule has 1 amide bonds. The SMILES string of the molecule is Cc1ccc(C#N)cc1OCC(=O)NC1CCCC1. The summed E-state index contributed by atoms with van der Waals surface area (Å²) in [5, 5.41) is 11.8. The van der Waals surface area contributed by atoms with E-state index in [0.717, 1.165) is 18.4 Å². The predicted molar refractivity (Wildman–Crippen MR) is 71.8 cm³/mol. The van der Waals surface area contributed by atoms with Gasteiger partial charge in [0, 0.05) is 6.04 Å². The fourth-order valence-electron chi connectivity index (χ4n) is 2.31. The molecule has 4 heteroatoms. The molecule has 0 bridgehead atoms. The Bertz CT molecular complexity index is 499. The summed E-state index contributed by atoms with van der Waals surface area (Å²) in [6.07, 6.45) is 4.51. The minimum Gasteiger partial charge on any atom is -0.483 e. The lowest BCUT2D eigenvalue weighted by atomic mass is 10.1. The molecule has 1 aliphatic rings. The first-order valence-electron chi connectivity index (χ1n) is 6.62. The molecule has 0 aliphatic heterocycles. The van der Waals surface area contributed by atoms with Gasteiger partial charge in [-0.05, 0) is 37.5 Å². The third kappa shape index (κ3) is 3.72. The lowest BCUT2D eigenvalue weighted by molar-refractivity contribution is -0.123. The second-order valence-corrected chi connectivity index (χ2v) is 4.93. The van der Waals surface area contributed by atoms with E-state index in [1.807, 2.05) is 13.0 Å². The average molecular weight is 258 g/mol. The highest BCUT2D eigenvalue weighted by Crippen LogP contribution is 2.20. The number of aryl methyl sites for hydroxylation is 1. The number of nitrogens with one attached hydrogen (secondary N) is 1. The van der Waals surface area contributed by atoms with E-state index >= 15 is 0 Å². The summed E-state index contributed by atoms with van der Waals surface area (Å²) in [4.78, 5) is 11.7. The summed E-state index contributed by atoms with van der Waals surface area (Å²) in [5.74, 6) is 0.509. The van der Waals surface area contributed by atoms with Crippen LogP contribution in [0.2, 0.25) is 0 Å². The number of hydrogen-bond donors (Lipinski definition) is 1.